The SMILES string of the molecule is C#CN(C)c1cc(F)c(CN2CCCCCS2=O)cc1F.CC.CC.CC.c1nncn1C1CC1. The zero-order valence-corrected chi connectivity index (χ0v) is 23.2. The summed E-state index contributed by atoms with van der Waals surface area (Å²) in [5.41, 5.74) is 0.229. The molecule has 1 aliphatic heterocycles. The number of aromatic nitrogens is 3. The lowest BCUT2D eigenvalue weighted by atomic mass is 10.1. The Morgan fingerprint density at radius 2 is 1.63 bits per heavy atom. The first-order valence-corrected chi connectivity index (χ1v) is 13.9. The highest BCUT2D eigenvalue weighted by molar-refractivity contribution is 7.82. The lowest BCUT2D eigenvalue weighted by Crippen LogP contribution is -2.27. The summed E-state index contributed by atoms with van der Waals surface area (Å²) in [7, 11) is 0.362. The van der Waals surface area contributed by atoms with Crippen molar-refractivity contribution in [2.45, 2.75) is 86.2 Å². The van der Waals surface area contributed by atoms with Crippen LogP contribution in [0.3, 0.4) is 0 Å². The number of hydrogen-bond donors (Lipinski definition) is 0. The Hall–Kier alpha value is -2.31. The predicted molar refractivity (Wildman–Crippen MR) is 143 cm³/mol. The first-order chi connectivity index (χ1) is 17.0. The second kappa shape index (κ2) is 18.9. The van der Waals surface area contributed by atoms with Gasteiger partial charge in [0.2, 0.25) is 0 Å². The number of rotatable bonds is 4. The fourth-order valence-electron chi connectivity index (χ4n) is 3.06. The number of nitrogens with zero attached hydrogens (tertiary/aromatic N) is 5. The van der Waals surface area contributed by atoms with Crippen LogP contribution in [0.2, 0.25) is 0 Å². The lowest BCUT2D eigenvalue weighted by molar-refractivity contribution is 0.425. The number of hydrogen-bond acceptors (Lipinski definition) is 4. The van der Waals surface area contributed by atoms with Gasteiger partial charge in [-0.05, 0) is 31.7 Å². The first-order valence-electron chi connectivity index (χ1n) is 12.6. The monoisotopic (exact) mass is 511 g/mol. The van der Waals surface area contributed by atoms with E-state index in [4.69, 9.17) is 6.42 Å². The summed E-state index contributed by atoms with van der Waals surface area (Å²) in [5, 5.41) is 7.39. The maximum atomic E-state index is 14.1. The van der Waals surface area contributed by atoms with Crippen LogP contribution in [0.4, 0.5) is 14.5 Å². The third-order valence-corrected chi connectivity index (χ3v) is 6.46. The molecule has 6 nitrogen and oxygen atoms in total. The zero-order chi connectivity index (χ0) is 26.8. The minimum Gasteiger partial charge on any atom is -0.317 e. The third kappa shape index (κ3) is 11.3. The van der Waals surface area contributed by atoms with E-state index in [2.05, 4.69) is 20.8 Å². The molecule has 1 unspecified atom stereocenters. The van der Waals surface area contributed by atoms with Gasteiger partial charge in [0, 0.05) is 49.6 Å². The summed E-state index contributed by atoms with van der Waals surface area (Å²) >= 11 is 0. The van der Waals surface area contributed by atoms with E-state index in [1.165, 1.54) is 24.8 Å². The molecule has 4 rings (SSSR count). The van der Waals surface area contributed by atoms with Crippen LogP contribution in [0.1, 0.15) is 85.3 Å². The van der Waals surface area contributed by atoms with Crippen molar-refractivity contribution in [3.8, 4) is 12.5 Å². The molecule has 2 aliphatic rings. The quantitative estimate of drug-likeness (QED) is 0.355. The second-order valence-corrected chi connectivity index (χ2v) is 8.74. The third-order valence-electron chi connectivity index (χ3n) is 4.94. The molecular formula is C26H43F2N5OS. The summed E-state index contributed by atoms with van der Waals surface area (Å²) in [6.07, 6.45) is 14.2. The van der Waals surface area contributed by atoms with Crippen LogP contribution in [0.25, 0.3) is 0 Å². The average molecular weight is 512 g/mol. The van der Waals surface area contributed by atoms with E-state index < -0.39 is 22.6 Å². The van der Waals surface area contributed by atoms with E-state index in [1.54, 1.807) is 17.0 Å². The summed E-state index contributed by atoms with van der Waals surface area (Å²) in [4.78, 5) is 1.19. The minimum absolute atomic E-state index is 0.0238. The van der Waals surface area contributed by atoms with Gasteiger partial charge in [0.25, 0.3) is 0 Å². The average Bonchev–Trinajstić information content (AvgIpc) is 3.65. The molecule has 0 radical (unpaired) electrons. The van der Waals surface area contributed by atoms with Crippen molar-refractivity contribution in [2.24, 2.45) is 0 Å². The van der Waals surface area contributed by atoms with Crippen molar-refractivity contribution in [1.29, 1.82) is 0 Å². The van der Waals surface area contributed by atoms with E-state index >= 15 is 0 Å². The number of halogens is 2. The highest BCUT2D eigenvalue weighted by Gasteiger charge is 2.22. The van der Waals surface area contributed by atoms with Crippen LogP contribution in [0, 0.1) is 24.1 Å². The summed E-state index contributed by atoms with van der Waals surface area (Å²) in [6, 6.07) is 5.19. The van der Waals surface area contributed by atoms with Crippen molar-refractivity contribution >= 4 is 16.7 Å². The van der Waals surface area contributed by atoms with E-state index in [9.17, 15) is 13.0 Å². The molecule has 1 saturated heterocycles. The largest absolute Gasteiger partial charge is 0.317 e. The van der Waals surface area contributed by atoms with Gasteiger partial charge >= 0.3 is 0 Å². The molecule has 2 fully saturated rings. The molecule has 2 heterocycles. The van der Waals surface area contributed by atoms with E-state index in [0.29, 0.717) is 12.3 Å². The van der Waals surface area contributed by atoms with Crippen molar-refractivity contribution in [1.82, 2.24) is 19.1 Å². The van der Waals surface area contributed by atoms with Crippen LogP contribution < -0.4 is 4.90 Å². The predicted octanol–water partition coefficient (Wildman–Crippen LogP) is 6.33. The Balaban J connectivity index is 0.000000679. The van der Waals surface area contributed by atoms with Gasteiger partial charge < -0.3 is 9.47 Å². The van der Waals surface area contributed by atoms with E-state index in [0.717, 1.165) is 37.4 Å². The molecule has 198 valence electrons. The van der Waals surface area contributed by atoms with Gasteiger partial charge in [-0.3, -0.25) is 0 Å². The summed E-state index contributed by atoms with van der Waals surface area (Å²) in [6.45, 7) is 12.8. The first kappa shape index (κ1) is 32.7. The van der Waals surface area contributed by atoms with Gasteiger partial charge in [-0.15, -0.1) is 10.2 Å². The van der Waals surface area contributed by atoms with Gasteiger partial charge in [0.1, 0.15) is 24.3 Å². The molecule has 0 bridgehead atoms. The summed E-state index contributed by atoms with van der Waals surface area (Å²) in [5.74, 6) is -0.524. The van der Waals surface area contributed by atoms with Gasteiger partial charge in [-0.1, -0.05) is 54.4 Å². The Labute approximate surface area is 213 Å². The molecule has 0 spiro atoms. The van der Waals surface area contributed by atoms with Crippen LogP contribution in [-0.4, -0.2) is 42.6 Å². The normalized spacial score (nSPS) is 16.7. The van der Waals surface area contributed by atoms with Crippen molar-refractivity contribution < 1.29 is 13.0 Å². The Kier molecular flexibility index (Phi) is 17.7. The fraction of sp³-hybridized carbons (Fsp3) is 0.615. The zero-order valence-electron chi connectivity index (χ0n) is 22.4. The van der Waals surface area contributed by atoms with Gasteiger partial charge in [-0.2, -0.15) is 0 Å². The fourth-order valence-corrected chi connectivity index (χ4v) is 4.38. The Morgan fingerprint density at radius 1 is 1.03 bits per heavy atom. The van der Waals surface area contributed by atoms with Gasteiger partial charge in [0.15, 0.2) is 0 Å². The second-order valence-electron chi connectivity index (χ2n) is 7.17. The maximum absolute atomic E-state index is 14.1. The van der Waals surface area contributed by atoms with Crippen LogP contribution >= 0.6 is 0 Å². The smallest absolute Gasteiger partial charge is 0.147 e. The molecule has 1 atom stereocenters. The van der Waals surface area contributed by atoms with Crippen molar-refractivity contribution in [3.63, 3.8) is 0 Å². The molecule has 1 saturated carbocycles. The standard InChI is InChI=1S/C15H18F2N2OS.C5H7N3.3C2H6/c1-3-18(2)15-10-13(16)12(9-14(15)17)11-19-7-5-4-6-8-21(19)20;1-2-5(1)8-3-6-7-4-8;3*1-2/h1,9-10H,4-8,11H2,2H3;3-5H,1-2H2;3*1-2H3. The molecule has 0 N–H and O–H groups in total. The maximum Gasteiger partial charge on any atom is 0.147 e. The topological polar surface area (TPSA) is 54.3 Å². The number of benzene rings is 1. The van der Waals surface area contributed by atoms with Crippen LogP contribution in [0.15, 0.2) is 24.8 Å². The molecule has 1 aliphatic carbocycles. The molecule has 2 aromatic rings. The molecule has 35 heavy (non-hydrogen) atoms. The summed E-state index contributed by atoms with van der Waals surface area (Å²) < 4.78 is 43.9. The Morgan fingerprint density at radius 3 is 2.17 bits per heavy atom. The lowest BCUT2D eigenvalue weighted by Gasteiger charge is -2.20. The number of terminal acetylenes is 1. The van der Waals surface area contributed by atoms with Crippen LogP contribution in [-0.2, 0) is 17.5 Å². The molecular weight excluding hydrogens is 468 g/mol. The molecule has 0 amide bonds. The van der Waals surface area contributed by atoms with Gasteiger partial charge in [0.05, 0.1) is 16.7 Å². The van der Waals surface area contributed by atoms with Crippen molar-refractivity contribution in [3.05, 3.63) is 42.0 Å². The van der Waals surface area contributed by atoms with E-state index in [-0.39, 0.29) is 17.8 Å². The highest BCUT2D eigenvalue weighted by Crippen LogP contribution is 2.33. The highest BCUT2D eigenvalue weighted by atomic mass is 32.2. The molecule has 1 aromatic carbocycles. The van der Waals surface area contributed by atoms with Crippen LogP contribution in [0.5, 0.6) is 0 Å². The molecule has 9 heteroatoms. The van der Waals surface area contributed by atoms with Gasteiger partial charge in [-0.25, -0.2) is 17.3 Å². The Bertz CT molecular complexity index is 883. The number of anilines is 1. The molecule has 1 aromatic heterocycles. The van der Waals surface area contributed by atoms with Crippen molar-refractivity contribution in [2.75, 3.05) is 24.2 Å². The van der Waals surface area contributed by atoms with E-state index in [1.807, 2.05) is 41.5 Å². The minimum atomic E-state index is -1.13.